The van der Waals surface area contributed by atoms with Gasteiger partial charge in [0.1, 0.15) is 9.88 Å². The second-order valence-electron chi connectivity index (χ2n) is 7.03. The molecule has 3 aromatic rings. The fourth-order valence-electron chi connectivity index (χ4n) is 2.99. The minimum Gasteiger partial charge on any atom is -0.462 e. The van der Waals surface area contributed by atoms with Gasteiger partial charge >= 0.3 is 5.97 Å². The van der Waals surface area contributed by atoms with Crippen molar-refractivity contribution in [2.75, 3.05) is 13.7 Å². The molecular weight excluding hydrogens is 539 g/mol. The minimum absolute atomic E-state index is 0. The molecule has 3 rings (SSSR count). The number of ether oxygens (including phenoxy) is 1. The second-order valence-corrected chi connectivity index (χ2v) is 8.06. The molecular formula is C22H29IN6O2S. The number of aryl methyl sites for hydroxylation is 1. The van der Waals surface area contributed by atoms with Crippen LogP contribution in [0, 0.1) is 6.92 Å². The minimum atomic E-state index is -0.324. The van der Waals surface area contributed by atoms with Gasteiger partial charge in [-0.05, 0) is 31.9 Å². The van der Waals surface area contributed by atoms with Crippen molar-refractivity contribution in [2.24, 2.45) is 4.99 Å². The highest BCUT2D eigenvalue weighted by Gasteiger charge is 2.20. The topological polar surface area (TPSA) is 93.4 Å². The number of guanidine groups is 1. The molecule has 0 aliphatic rings. The first-order valence-electron chi connectivity index (χ1n) is 10.1. The Kier molecular flexibility index (Phi) is 10.1. The van der Waals surface area contributed by atoms with Crippen molar-refractivity contribution in [2.45, 2.75) is 39.9 Å². The van der Waals surface area contributed by atoms with Crippen LogP contribution in [-0.4, -0.2) is 40.1 Å². The van der Waals surface area contributed by atoms with Gasteiger partial charge < -0.3 is 19.9 Å². The van der Waals surface area contributed by atoms with E-state index in [0.29, 0.717) is 29.7 Å². The molecule has 32 heavy (non-hydrogen) atoms. The first kappa shape index (κ1) is 25.8. The van der Waals surface area contributed by atoms with Crippen LogP contribution in [0.4, 0.5) is 0 Å². The summed E-state index contributed by atoms with van der Waals surface area (Å²) in [5.74, 6) is 0.343. The smallest absolute Gasteiger partial charge is 0.350 e. The van der Waals surface area contributed by atoms with Crippen LogP contribution >= 0.6 is 35.3 Å². The Labute approximate surface area is 209 Å². The summed E-state index contributed by atoms with van der Waals surface area (Å²) < 4.78 is 7.14. The molecule has 0 amide bonds. The summed E-state index contributed by atoms with van der Waals surface area (Å²) in [5, 5.41) is 7.47. The average molecular weight is 568 g/mol. The van der Waals surface area contributed by atoms with Crippen molar-refractivity contribution in [3.05, 3.63) is 69.7 Å². The van der Waals surface area contributed by atoms with E-state index in [1.807, 2.05) is 30.9 Å². The van der Waals surface area contributed by atoms with E-state index in [-0.39, 0.29) is 36.0 Å². The number of esters is 1. The van der Waals surface area contributed by atoms with Gasteiger partial charge in [-0.15, -0.1) is 35.3 Å². The number of aliphatic imine (C=N–C) groups is 1. The van der Waals surface area contributed by atoms with E-state index in [1.54, 1.807) is 20.2 Å². The molecule has 1 aromatic carbocycles. The molecule has 8 nitrogen and oxygen atoms in total. The highest BCUT2D eigenvalue weighted by atomic mass is 127. The molecule has 1 atom stereocenters. The fourth-order valence-corrected chi connectivity index (χ4v) is 3.95. The number of thiazole rings is 1. The lowest BCUT2D eigenvalue weighted by Crippen LogP contribution is -2.38. The van der Waals surface area contributed by atoms with E-state index in [1.165, 1.54) is 16.9 Å². The number of imidazole rings is 1. The molecule has 172 valence electrons. The van der Waals surface area contributed by atoms with Crippen molar-refractivity contribution >= 4 is 47.2 Å². The Morgan fingerprint density at radius 3 is 2.62 bits per heavy atom. The van der Waals surface area contributed by atoms with Gasteiger partial charge in [0.2, 0.25) is 0 Å². The first-order valence-corrected chi connectivity index (χ1v) is 11.0. The summed E-state index contributed by atoms with van der Waals surface area (Å²) >= 11 is 1.35. The van der Waals surface area contributed by atoms with Crippen LogP contribution in [-0.2, 0) is 17.8 Å². The van der Waals surface area contributed by atoms with E-state index in [2.05, 4.69) is 49.9 Å². The highest BCUT2D eigenvalue weighted by molar-refractivity contribution is 14.0. The Morgan fingerprint density at radius 1 is 1.28 bits per heavy atom. The summed E-state index contributed by atoms with van der Waals surface area (Å²) in [6, 6.07) is 8.34. The van der Waals surface area contributed by atoms with Crippen LogP contribution in [0.5, 0.6) is 0 Å². The molecule has 0 fully saturated rings. The zero-order valence-corrected chi connectivity index (χ0v) is 21.8. The van der Waals surface area contributed by atoms with Crippen LogP contribution < -0.4 is 10.6 Å². The zero-order chi connectivity index (χ0) is 22.2. The SMILES string of the molecule is CCOC(=O)c1sc(C(C)NC(=NC)NCc2ccc(Cn3ccnc3)cc2)nc1C.I. The first-order chi connectivity index (χ1) is 15.0. The molecule has 10 heteroatoms. The number of carbonyl (C=O) groups excluding carboxylic acids is 1. The van der Waals surface area contributed by atoms with Gasteiger partial charge in [-0.25, -0.2) is 14.8 Å². The number of halogens is 1. The fraction of sp³-hybridized carbons (Fsp3) is 0.364. The molecule has 2 N–H and O–H groups in total. The molecule has 0 saturated heterocycles. The highest BCUT2D eigenvalue weighted by Crippen LogP contribution is 2.24. The summed E-state index contributed by atoms with van der Waals surface area (Å²) in [7, 11) is 1.73. The predicted octanol–water partition coefficient (Wildman–Crippen LogP) is 3.92. The van der Waals surface area contributed by atoms with Gasteiger partial charge in [0.25, 0.3) is 0 Å². The lowest BCUT2D eigenvalue weighted by molar-refractivity contribution is 0.0531. The molecule has 2 aromatic heterocycles. The molecule has 1 unspecified atom stereocenters. The summed E-state index contributed by atoms with van der Waals surface area (Å²) in [4.78, 5) is 25.5. The lowest BCUT2D eigenvalue weighted by Gasteiger charge is -2.16. The maximum absolute atomic E-state index is 12.0. The summed E-state index contributed by atoms with van der Waals surface area (Å²) in [6.45, 7) is 7.40. The van der Waals surface area contributed by atoms with Crippen molar-refractivity contribution in [1.29, 1.82) is 0 Å². The van der Waals surface area contributed by atoms with Crippen LogP contribution in [0.15, 0.2) is 48.0 Å². The zero-order valence-electron chi connectivity index (χ0n) is 18.7. The summed E-state index contributed by atoms with van der Waals surface area (Å²) in [6.07, 6.45) is 5.54. The lowest BCUT2D eigenvalue weighted by atomic mass is 10.1. The maximum atomic E-state index is 12.0. The average Bonchev–Trinajstić information content (AvgIpc) is 3.41. The number of carbonyl (C=O) groups is 1. The van der Waals surface area contributed by atoms with Crippen LogP contribution in [0.2, 0.25) is 0 Å². The normalized spacial score (nSPS) is 12.1. The molecule has 0 aliphatic heterocycles. The van der Waals surface area contributed by atoms with Gasteiger partial charge in [-0.3, -0.25) is 4.99 Å². The van der Waals surface area contributed by atoms with Crippen molar-refractivity contribution < 1.29 is 9.53 Å². The van der Waals surface area contributed by atoms with E-state index < -0.39 is 0 Å². The standard InChI is InChI=1S/C22H28N6O2S.HI/c1-5-30-21(29)19-15(2)26-20(31-19)16(3)27-22(23-4)25-12-17-6-8-18(9-7-17)13-28-11-10-24-14-28;/h6-11,14,16H,5,12-13H2,1-4H3,(H2,23,25,27);1H. The third-order valence-electron chi connectivity index (χ3n) is 4.63. The number of hydrogen-bond acceptors (Lipinski definition) is 6. The molecule has 0 aliphatic carbocycles. The molecule has 0 bridgehead atoms. The number of benzene rings is 1. The molecule has 2 heterocycles. The maximum Gasteiger partial charge on any atom is 0.350 e. The van der Waals surface area contributed by atoms with E-state index in [9.17, 15) is 4.79 Å². The number of nitrogens with one attached hydrogen (secondary N) is 2. The van der Waals surface area contributed by atoms with E-state index in [0.717, 1.165) is 17.1 Å². The quantitative estimate of drug-likeness (QED) is 0.185. The van der Waals surface area contributed by atoms with Crippen molar-refractivity contribution in [3.8, 4) is 0 Å². The van der Waals surface area contributed by atoms with Crippen LogP contribution in [0.25, 0.3) is 0 Å². The number of aromatic nitrogens is 3. The second kappa shape index (κ2) is 12.5. The third kappa shape index (κ3) is 7.02. The summed E-state index contributed by atoms with van der Waals surface area (Å²) in [5.41, 5.74) is 3.06. The Balaban J connectivity index is 0.00000363. The Hall–Kier alpha value is -2.47. The van der Waals surface area contributed by atoms with E-state index in [4.69, 9.17) is 4.74 Å². The van der Waals surface area contributed by atoms with Gasteiger partial charge in [-0.1, -0.05) is 24.3 Å². The molecule has 0 spiro atoms. The molecule has 0 saturated carbocycles. The van der Waals surface area contributed by atoms with Gasteiger partial charge in [-0.2, -0.15) is 0 Å². The van der Waals surface area contributed by atoms with Gasteiger partial charge in [0.15, 0.2) is 5.96 Å². The predicted molar refractivity (Wildman–Crippen MR) is 138 cm³/mol. The Morgan fingerprint density at radius 2 is 2.00 bits per heavy atom. The van der Waals surface area contributed by atoms with E-state index >= 15 is 0 Å². The third-order valence-corrected chi connectivity index (χ3v) is 5.95. The number of rotatable bonds is 8. The number of hydrogen-bond donors (Lipinski definition) is 2. The van der Waals surface area contributed by atoms with Crippen molar-refractivity contribution in [1.82, 2.24) is 25.2 Å². The number of nitrogens with zero attached hydrogens (tertiary/aromatic N) is 4. The van der Waals surface area contributed by atoms with Gasteiger partial charge in [0.05, 0.1) is 24.7 Å². The molecule has 0 radical (unpaired) electrons. The largest absolute Gasteiger partial charge is 0.462 e. The Bertz CT molecular complexity index is 1020. The van der Waals surface area contributed by atoms with Crippen LogP contribution in [0.3, 0.4) is 0 Å². The van der Waals surface area contributed by atoms with Crippen molar-refractivity contribution in [3.63, 3.8) is 0 Å². The monoisotopic (exact) mass is 568 g/mol. The van der Waals surface area contributed by atoms with Crippen LogP contribution in [0.1, 0.15) is 51.4 Å². The van der Waals surface area contributed by atoms with Gasteiger partial charge in [0, 0.05) is 32.5 Å².